The van der Waals surface area contributed by atoms with Crippen LogP contribution in [0.3, 0.4) is 0 Å². The molecule has 1 aliphatic carbocycles. The highest BCUT2D eigenvalue weighted by atomic mass is 79.9. The molecule has 0 saturated carbocycles. The Kier molecular flexibility index (Phi) is 2.34. The van der Waals surface area contributed by atoms with E-state index in [4.69, 9.17) is 0 Å². The Morgan fingerprint density at radius 2 is 1.31 bits per heavy atom. The topological polar surface area (TPSA) is 20.2 Å². The summed E-state index contributed by atoms with van der Waals surface area (Å²) in [5, 5.41) is 10.2. The van der Waals surface area contributed by atoms with Crippen molar-refractivity contribution < 1.29 is 5.11 Å². The predicted molar refractivity (Wildman–Crippen MR) is 68.5 cm³/mol. The van der Waals surface area contributed by atoms with Gasteiger partial charge in [-0.2, -0.15) is 0 Å². The van der Waals surface area contributed by atoms with Crippen LogP contribution in [-0.2, 0) is 0 Å². The lowest BCUT2D eigenvalue weighted by atomic mass is 9.84. The number of alkyl halides is 1. The molecule has 1 nitrogen and oxygen atoms in total. The van der Waals surface area contributed by atoms with Gasteiger partial charge in [0.1, 0.15) is 0 Å². The summed E-state index contributed by atoms with van der Waals surface area (Å²) >= 11 is 3.57. The van der Waals surface area contributed by atoms with Crippen molar-refractivity contribution in [1.82, 2.24) is 0 Å². The van der Waals surface area contributed by atoms with E-state index in [1.807, 2.05) is 30.3 Å². The Balaban J connectivity index is 2.33. The third-order valence-corrected chi connectivity index (χ3v) is 4.10. The molecule has 0 aliphatic heterocycles. The monoisotopic (exact) mass is 274 g/mol. The van der Waals surface area contributed by atoms with Crippen molar-refractivity contribution >= 4 is 15.9 Å². The van der Waals surface area contributed by atoms with Gasteiger partial charge in [0.15, 0.2) is 0 Å². The Morgan fingerprint density at radius 3 is 2.00 bits per heavy atom. The fourth-order valence-corrected chi connectivity index (χ4v) is 2.99. The van der Waals surface area contributed by atoms with Crippen LogP contribution < -0.4 is 0 Å². The first-order valence-corrected chi connectivity index (χ1v) is 6.21. The van der Waals surface area contributed by atoms with Gasteiger partial charge in [-0.05, 0) is 22.3 Å². The third kappa shape index (κ3) is 1.34. The summed E-state index contributed by atoms with van der Waals surface area (Å²) in [6.07, 6.45) is -0.467. The lowest BCUT2D eigenvalue weighted by Crippen LogP contribution is -2.12. The van der Waals surface area contributed by atoms with Crippen LogP contribution in [0.15, 0.2) is 48.5 Å². The molecule has 0 saturated heterocycles. The lowest BCUT2D eigenvalue weighted by Gasteiger charge is -2.28. The standard InChI is InChI=1S/C14H11BrO/c15-13-11-7-3-1-5-9(11)10-6-2-4-8-12(10)14(13)16/h1-8,13-14,16H. The molecule has 2 atom stereocenters. The van der Waals surface area contributed by atoms with Gasteiger partial charge in [0.05, 0.1) is 10.9 Å². The summed E-state index contributed by atoms with van der Waals surface area (Å²) in [6, 6.07) is 16.2. The van der Waals surface area contributed by atoms with Gasteiger partial charge in [0.25, 0.3) is 0 Å². The van der Waals surface area contributed by atoms with Crippen LogP contribution in [0.4, 0.5) is 0 Å². The minimum absolute atomic E-state index is 0.0152. The zero-order chi connectivity index (χ0) is 11.1. The van der Waals surface area contributed by atoms with Gasteiger partial charge in [0.2, 0.25) is 0 Å². The van der Waals surface area contributed by atoms with Crippen LogP contribution in [0, 0.1) is 0 Å². The number of fused-ring (bicyclic) bond motifs is 3. The predicted octanol–water partition coefficient (Wildman–Crippen LogP) is 3.84. The second-order valence-electron chi connectivity index (χ2n) is 4.02. The minimum Gasteiger partial charge on any atom is -0.387 e. The van der Waals surface area contributed by atoms with E-state index in [1.54, 1.807) is 0 Å². The molecule has 0 amide bonds. The molecule has 80 valence electrons. The molecule has 0 fully saturated rings. The Labute approximate surface area is 103 Å². The van der Waals surface area contributed by atoms with Gasteiger partial charge in [-0.1, -0.05) is 64.5 Å². The second kappa shape index (κ2) is 3.72. The lowest BCUT2D eigenvalue weighted by molar-refractivity contribution is 0.176. The SMILES string of the molecule is OC1c2ccccc2-c2ccccc2C1Br. The van der Waals surface area contributed by atoms with E-state index in [9.17, 15) is 5.11 Å². The first-order chi connectivity index (χ1) is 7.79. The molecule has 0 spiro atoms. The van der Waals surface area contributed by atoms with Crippen LogP contribution in [-0.4, -0.2) is 5.11 Å². The first-order valence-electron chi connectivity index (χ1n) is 5.29. The van der Waals surface area contributed by atoms with E-state index in [0.29, 0.717) is 0 Å². The van der Waals surface area contributed by atoms with Crippen molar-refractivity contribution in [2.75, 3.05) is 0 Å². The third-order valence-electron chi connectivity index (χ3n) is 3.10. The molecule has 0 heterocycles. The maximum atomic E-state index is 10.2. The highest BCUT2D eigenvalue weighted by molar-refractivity contribution is 9.09. The Bertz CT molecular complexity index is 486. The summed E-state index contributed by atoms with van der Waals surface area (Å²) in [5.41, 5.74) is 4.52. The molecule has 16 heavy (non-hydrogen) atoms. The maximum Gasteiger partial charge on any atom is 0.0962 e. The van der Waals surface area contributed by atoms with Gasteiger partial charge in [-0.25, -0.2) is 0 Å². The fourth-order valence-electron chi connectivity index (χ4n) is 2.31. The van der Waals surface area contributed by atoms with E-state index in [2.05, 4.69) is 34.1 Å². The largest absolute Gasteiger partial charge is 0.387 e. The molecule has 0 aromatic heterocycles. The summed E-state index contributed by atoms with van der Waals surface area (Å²) in [6.45, 7) is 0. The van der Waals surface area contributed by atoms with Crippen LogP contribution in [0.25, 0.3) is 11.1 Å². The number of halogens is 1. The van der Waals surface area contributed by atoms with E-state index >= 15 is 0 Å². The number of benzene rings is 2. The van der Waals surface area contributed by atoms with Gasteiger partial charge in [0, 0.05) is 0 Å². The van der Waals surface area contributed by atoms with Gasteiger partial charge >= 0.3 is 0 Å². The molecule has 2 aromatic carbocycles. The van der Waals surface area contributed by atoms with Crippen molar-refractivity contribution in [3.8, 4) is 11.1 Å². The van der Waals surface area contributed by atoms with E-state index in [-0.39, 0.29) is 4.83 Å². The quantitative estimate of drug-likeness (QED) is 0.724. The average molecular weight is 275 g/mol. The maximum absolute atomic E-state index is 10.2. The molecule has 1 aliphatic rings. The summed E-state index contributed by atoms with van der Waals surface area (Å²) < 4.78 is 0. The number of hydrogen-bond donors (Lipinski definition) is 1. The molecule has 0 radical (unpaired) electrons. The molecule has 1 N–H and O–H groups in total. The highest BCUT2D eigenvalue weighted by Gasteiger charge is 2.29. The van der Waals surface area contributed by atoms with Crippen LogP contribution >= 0.6 is 15.9 Å². The number of aliphatic hydroxyl groups excluding tert-OH is 1. The molecule has 2 unspecified atom stereocenters. The number of hydrogen-bond acceptors (Lipinski definition) is 1. The Hall–Kier alpha value is -1.12. The van der Waals surface area contributed by atoms with Crippen molar-refractivity contribution in [3.05, 3.63) is 59.7 Å². The summed E-state index contributed by atoms with van der Waals surface area (Å²) in [4.78, 5) is -0.0152. The second-order valence-corrected chi connectivity index (χ2v) is 5.01. The zero-order valence-corrected chi connectivity index (χ0v) is 10.2. The fraction of sp³-hybridized carbons (Fsp3) is 0.143. The highest BCUT2D eigenvalue weighted by Crippen LogP contribution is 2.48. The van der Waals surface area contributed by atoms with Gasteiger partial charge in [-0.15, -0.1) is 0 Å². The minimum atomic E-state index is -0.467. The first kappa shape index (κ1) is 10.1. The van der Waals surface area contributed by atoms with Crippen molar-refractivity contribution in [2.24, 2.45) is 0 Å². The summed E-state index contributed by atoms with van der Waals surface area (Å²) in [7, 11) is 0. The van der Waals surface area contributed by atoms with Crippen molar-refractivity contribution in [3.63, 3.8) is 0 Å². The van der Waals surface area contributed by atoms with E-state index in [1.165, 1.54) is 5.56 Å². The van der Waals surface area contributed by atoms with Gasteiger partial charge in [-0.3, -0.25) is 0 Å². The van der Waals surface area contributed by atoms with Crippen LogP contribution in [0.2, 0.25) is 0 Å². The molecule has 3 rings (SSSR count). The van der Waals surface area contributed by atoms with E-state index < -0.39 is 6.10 Å². The van der Waals surface area contributed by atoms with Crippen LogP contribution in [0.1, 0.15) is 22.1 Å². The smallest absolute Gasteiger partial charge is 0.0962 e. The molecule has 2 heteroatoms. The zero-order valence-electron chi connectivity index (χ0n) is 8.60. The normalized spacial score (nSPS) is 22.4. The summed E-state index contributed by atoms with van der Waals surface area (Å²) in [5.74, 6) is 0. The Morgan fingerprint density at radius 1 is 0.812 bits per heavy atom. The average Bonchev–Trinajstić information content (AvgIpc) is 2.36. The molecular formula is C14H11BrO. The van der Waals surface area contributed by atoms with Gasteiger partial charge < -0.3 is 5.11 Å². The molecular weight excluding hydrogens is 264 g/mol. The van der Waals surface area contributed by atoms with E-state index in [0.717, 1.165) is 16.7 Å². The number of aliphatic hydroxyl groups is 1. The van der Waals surface area contributed by atoms with Crippen molar-refractivity contribution in [2.45, 2.75) is 10.9 Å². The number of rotatable bonds is 0. The van der Waals surface area contributed by atoms with Crippen molar-refractivity contribution in [1.29, 1.82) is 0 Å². The molecule has 0 bridgehead atoms. The molecule has 2 aromatic rings. The van der Waals surface area contributed by atoms with Crippen LogP contribution in [0.5, 0.6) is 0 Å².